The van der Waals surface area contributed by atoms with E-state index in [-0.39, 0.29) is 0 Å². The molecule has 0 aromatic rings. The quantitative estimate of drug-likeness (QED) is 0.664. The van der Waals surface area contributed by atoms with E-state index in [4.69, 9.17) is 9.47 Å². The average molecular weight is 243 g/mol. The van der Waals surface area contributed by atoms with Gasteiger partial charge in [-0.2, -0.15) is 0 Å². The van der Waals surface area contributed by atoms with Gasteiger partial charge in [0.05, 0.1) is 6.10 Å². The van der Waals surface area contributed by atoms with Crippen molar-refractivity contribution in [1.82, 2.24) is 5.32 Å². The fourth-order valence-electron chi connectivity index (χ4n) is 1.97. The van der Waals surface area contributed by atoms with Crippen molar-refractivity contribution in [2.24, 2.45) is 11.8 Å². The molecule has 0 saturated carbocycles. The van der Waals surface area contributed by atoms with Crippen molar-refractivity contribution >= 4 is 0 Å². The van der Waals surface area contributed by atoms with Gasteiger partial charge in [-0.15, -0.1) is 0 Å². The zero-order valence-electron chi connectivity index (χ0n) is 11.7. The van der Waals surface area contributed by atoms with Crippen molar-refractivity contribution in [3.63, 3.8) is 0 Å². The Bertz CT molecular complexity index is 179. The van der Waals surface area contributed by atoms with Crippen molar-refractivity contribution in [3.05, 3.63) is 0 Å². The Hall–Kier alpha value is -0.120. The van der Waals surface area contributed by atoms with Gasteiger partial charge in [-0.1, -0.05) is 13.8 Å². The highest BCUT2D eigenvalue weighted by Crippen LogP contribution is 2.15. The number of hydrogen-bond acceptors (Lipinski definition) is 3. The lowest BCUT2D eigenvalue weighted by atomic mass is 10.0. The molecule has 1 aliphatic rings. The lowest BCUT2D eigenvalue weighted by Crippen LogP contribution is -2.30. The van der Waals surface area contributed by atoms with Gasteiger partial charge in [-0.25, -0.2) is 0 Å². The maximum atomic E-state index is 5.87. The van der Waals surface area contributed by atoms with Gasteiger partial charge in [0.25, 0.3) is 0 Å². The third-order valence-electron chi connectivity index (χ3n) is 3.29. The Balaban J connectivity index is 1.94. The van der Waals surface area contributed by atoms with Crippen molar-refractivity contribution < 1.29 is 9.47 Å². The van der Waals surface area contributed by atoms with Gasteiger partial charge in [0.15, 0.2) is 0 Å². The van der Waals surface area contributed by atoms with Gasteiger partial charge in [-0.3, -0.25) is 0 Å². The van der Waals surface area contributed by atoms with Crippen LogP contribution in [0.2, 0.25) is 0 Å². The second-order valence-corrected chi connectivity index (χ2v) is 5.59. The van der Waals surface area contributed by atoms with E-state index in [1.165, 1.54) is 6.42 Å². The van der Waals surface area contributed by atoms with Gasteiger partial charge >= 0.3 is 0 Å². The first kappa shape index (κ1) is 14.9. The molecule has 102 valence electrons. The second kappa shape index (κ2) is 8.90. The van der Waals surface area contributed by atoms with Gasteiger partial charge in [-0.05, 0) is 44.6 Å². The Labute approximate surface area is 106 Å². The minimum atomic E-state index is 0.324. The zero-order valence-corrected chi connectivity index (χ0v) is 11.7. The van der Waals surface area contributed by atoms with Crippen LogP contribution in [0.3, 0.4) is 0 Å². The molecule has 0 aromatic heterocycles. The molecule has 1 aliphatic heterocycles. The van der Waals surface area contributed by atoms with Crippen LogP contribution in [0.15, 0.2) is 0 Å². The lowest BCUT2D eigenvalue weighted by Gasteiger charge is -2.24. The van der Waals surface area contributed by atoms with Gasteiger partial charge < -0.3 is 14.8 Å². The number of nitrogens with one attached hydrogen (secondary N) is 1. The molecule has 1 fully saturated rings. The molecule has 0 bridgehead atoms. The molecule has 1 saturated heterocycles. The molecule has 17 heavy (non-hydrogen) atoms. The Morgan fingerprint density at radius 3 is 2.59 bits per heavy atom. The first-order chi connectivity index (χ1) is 8.18. The van der Waals surface area contributed by atoms with E-state index >= 15 is 0 Å². The zero-order chi connectivity index (χ0) is 12.5. The molecule has 1 atom stereocenters. The molecular formula is C14H29NO2. The summed E-state index contributed by atoms with van der Waals surface area (Å²) in [5.74, 6) is 1.49. The largest absolute Gasteiger partial charge is 0.381 e. The van der Waals surface area contributed by atoms with E-state index < -0.39 is 0 Å². The highest BCUT2D eigenvalue weighted by Gasteiger charge is 2.15. The molecule has 1 heterocycles. The van der Waals surface area contributed by atoms with Crippen LogP contribution in [-0.4, -0.2) is 39.0 Å². The van der Waals surface area contributed by atoms with Crippen LogP contribution in [0.5, 0.6) is 0 Å². The highest BCUT2D eigenvalue weighted by atomic mass is 16.5. The van der Waals surface area contributed by atoms with Crippen LogP contribution in [0, 0.1) is 11.8 Å². The first-order valence-corrected chi connectivity index (χ1v) is 7.08. The molecular weight excluding hydrogens is 214 g/mol. The predicted octanol–water partition coefficient (Wildman–Crippen LogP) is 2.45. The first-order valence-electron chi connectivity index (χ1n) is 7.08. The second-order valence-electron chi connectivity index (χ2n) is 5.59. The van der Waals surface area contributed by atoms with Crippen LogP contribution in [0.1, 0.15) is 40.0 Å². The van der Waals surface area contributed by atoms with Gasteiger partial charge in [0.1, 0.15) is 0 Å². The summed E-state index contributed by atoms with van der Waals surface area (Å²) in [6.45, 7) is 11.5. The van der Waals surface area contributed by atoms with E-state index in [9.17, 15) is 0 Å². The lowest BCUT2D eigenvalue weighted by molar-refractivity contribution is -0.00432. The Morgan fingerprint density at radius 1 is 1.24 bits per heavy atom. The minimum absolute atomic E-state index is 0.324. The molecule has 0 aliphatic carbocycles. The topological polar surface area (TPSA) is 30.5 Å². The maximum Gasteiger partial charge on any atom is 0.0671 e. The van der Waals surface area contributed by atoms with Crippen molar-refractivity contribution in [3.8, 4) is 0 Å². The molecule has 1 N–H and O–H groups in total. The SMILES string of the molecule is CC(C)CCNCC(C)OCC1CCOCC1. The van der Waals surface area contributed by atoms with Crippen molar-refractivity contribution in [2.45, 2.75) is 46.1 Å². The molecule has 3 nitrogen and oxygen atoms in total. The predicted molar refractivity (Wildman–Crippen MR) is 71.3 cm³/mol. The van der Waals surface area contributed by atoms with E-state index in [0.29, 0.717) is 12.0 Å². The summed E-state index contributed by atoms with van der Waals surface area (Å²) in [5, 5.41) is 3.45. The summed E-state index contributed by atoms with van der Waals surface area (Å²) in [5.41, 5.74) is 0. The summed E-state index contributed by atoms with van der Waals surface area (Å²) >= 11 is 0. The molecule has 0 spiro atoms. The smallest absolute Gasteiger partial charge is 0.0671 e. The summed E-state index contributed by atoms with van der Waals surface area (Å²) in [7, 11) is 0. The van der Waals surface area contributed by atoms with E-state index in [1.54, 1.807) is 0 Å². The van der Waals surface area contributed by atoms with Crippen LogP contribution < -0.4 is 5.32 Å². The Kier molecular flexibility index (Phi) is 7.82. The van der Waals surface area contributed by atoms with Crippen LogP contribution in [-0.2, 0) is 9.47 Å². The van der Waals surface area contributed by atoms with Crippen LogP contribution >= 0.6 is 0 Å². The summed E-state index contributed by atoms with van der Waals surface area (Å²) in [6, 6.07) is 0. The van der Waals surface area contributed by atoms with E-state index in [1.807, 2.05) is 0 Å². The van der Waals surface area contributed by atoms with Gasteiger partial charge in [0.2, 0.25) is 0 Å². The summed E-state index contributed by atoms with van der Waals surface area (Å²) in [6.07, 6.45) is 3.89. The maximum absolute atomic E-state index is 5.87. The number of rotatable bonds is 8. The normalized spacial score (nSPS) is 19.8. The standard InChI is InChI=1S/C14H29NO2/c1-12(2)4-7-15-10-13(3)17-11-14-5-8-16-9-6-14/h12-15H,4-11H2,1-3H3. The van der Waals surface area contributed by atoms with E-state index in [0.717, 1.165) is 51.7 Å². The molecule has 0 amide bonds. The monoisotopic (exact) mass is 243 g/mol. The number of hydrogen-bond donors (Lipinski definition) is 1. The molecule has 1 unspecified atom stereocenters. The fourth-order valence-corrected chi connectivity index (χ4v) is 1.97. The van der Waals surface area contributed by atoms with Crippen molar-refractivity contribution in [1.29, 1.82) is 0 Å². The van der Waals surface area contributed by atoms with E-state index in [2.05, 4.69) is 26.1 Å². The van der Waals surface area contributed by atoms with Crippen LogP contribution in [0.4, 0.5) is 0 Å². The van der Waals surface area contributed by atoms with Crippen LogP contribution in [0.25, 0.3) is 0 Å². The van der Waals surface area contributed by atoms with Gasteiger partial charge in [0, 0.05) is 26.4 Å². The minimum Gasteiger partial charge on any atom is -0.381 e. The molecule has 1 rings (SSSR count). The highest BCUT2D eigenvalue weighted by molar-refractivity contribution is 4.64. The van der Waals surface area contributed by atoms with Crippen molar-refractivity contribution in [2.75, 3.05) is 32.9 Å². The molecule has 3 heteroatoms. The average Bonchev–Trinajstić information content (AvgIpc) is 2.33. The third-order valence-corrected chi connectivity index (χ3v) is 3.29. The Morgan fingerprint density at radius 2 is 1.94 bits per heavy atom. The number of ether oxygens (including phenoxy) is 2. The fraction of sp³-hybridized carbons (Fsp3) is 1.00. The molecule has 0 radical (unpaired) electrons. The third kappa shape index (κ3) is 7.74. The summed E-state index contributed by atoms with van der Waals surface area (Å²) in [4.78, 5) is 0. The molecule has 0 aromatic carbocycles. The summed E-state index contributed by atoms with van der Waals surface area (Å²) < 4.78 is 11.2.